The highest BCUT2D eigenvalue weighted by molar-refractivity contribution is 5.79. The van der Waals surface area contributed by atoms with E-state index in [9.17, 15) is 9.18 Å². The number of carbonyl (C=O) groups excluding carboxylic acids is 1. The zero-order valence-electron chi connectivity index (χ0n) is 18.3. The van der Waals surface area contributed by atoms with Gasteiger partial charge in [0.05, 0.1) is 6.54 Å². The summed E-state index contributed by atoms with van der Waals surface area (Å²) < 4.78 is 25.1. The first-order chi connectivity index (χ1) is 15.0. The van der Waals surface area contributed by atoms with E-state index in [4.69, 9.17) is 9.47 Å². The van der Waals surface area contributed by atoms with Crippen LogP contribution in [0.25, 0.3) is 0 Å². The van der Waals surface area contributed by atoms with Gasteiger partial charge in [-0.25, -0.2) is 4.39 Å². The van der Waals surface area contributed by atoms with Gasteiger partial charge < -0.3 is 25.4 Å². The van der Waals surface area contributed by atoms with Gasteiger partial charge in [0.1, 0.15) is 11.9 Å². The molecule has 3 N–H and O–H groups in total. The highest BCUT2D eigenvalue weighted by Gasteiger charge is 2.12. The molecule has 7 nitrogen and oxygen atoms in total. The average Bonchev–Trinajstić information content (AvgIpc) is 2.78. The third kappa shape index (κ3) is 8.54. The quantitative estimate of drug-likeness (QED) is 0.377. The lowest BCUT2D eigenvalue weighted by atomic mass is 10.2. The van der Waals surface area contributed by atoms with Crippen molar-refractivity contribution in [3.63, 3.8) is 0 Å². The van der Waals surface area contributed by atoms with Gasteiger partial charge >= 0.3 is 0 Å². The molecule has 0 aliphatic heterocycles. The maximum absolute atomic E-state index is 13.8. The molecule has 0 spiro atoms. The first-order valence-electron chi connectivity index (χ1n) is 10.4. The predicted octanol–water partition coefficient (Wildman–Crippen LogP) is 2.86. The molecular formula is C23H31FN4O3. The Balaban J connectivity index is 1.83. The van der Waals surface area contributed by atoms with Crippen LogP contribution in [0.3, 0.4) is 0 Å². The third-order valence-electron chi connectivity index (χ3n) is 4.41. The van der Waals surface area contributed by atoms with Gasteiger partial charge in [0.2, 0.25) is 0 Å². The first kappa shape index (κ1) is 24.0. The molecule has 0 heterocycles. The Labute approximate surface area is 183 Å². The second-order valence-corrected chi connectivity index (χ2v) is 6.77. The van der Waals surface area contributed by atoms with Crippen LogP contribution in [0.15, 0.2) is 53.5 Å². The van der Waals surface area contributed by atoms with E-state index in [-0.39, 0.29) is 30.2 Å². The van der Waals surface area contributed by atoms with Gasteiger partial charge in [-0.05, 0) is 43.2 Å². The second kappa shape index (κ2) is 13.1. The summed E-state index contributed by atoms with van der Waals surface area (Å²) in [5.74, 6) is 0.932. The monoisotopic (exact) mass is 430 g/mol. The summed E-state index contributed by atoms with van der Waals surface area (Å²) in [6.07, 6.45) is 0.505. The van der Waals surface area contributed by atoms with Gasteiger partial charge in [0.15, 0.2) is 24.1 Å². The van der Waals surface area contributed by atoms with Gasteiger partial charge in [-0.1, -0.05) is 31.2 Å². The number of nitrogens with one attached hydrogen (secondary N) is 3. The van der Waals surface area contributed by atoms with Crippen molar-refractivity contribution in [3.05, 3.63) is 59.9 Å². The lowest BCUT2D eigenvalue weighted by Crippen LogP contribution is -2.42. The van der Waals surface area contributed by atoms with Gasteiger partial charge in [-0.15, -0.1) is 0 Å². The Kier molecular flexibility index (Phi) is 10.1. The number of nitrogens with zero attached hydrogens (tertiary/aromatic N) is 1. The summed E-state index contributed by atoms with van der Waals surface area (Å²) in [6.45, 7) is 5.38. The number of ether oxygens (including phenoxy) is 2. The Morgan fingerprint density at radius 3 is 2.61 bits per heavy atom. The Morgan fingerprint density at radius 2 is 1.90 bits per heavy atom. The molecule has 0 radical (unpaired) electrons. The fourth-order valence-electron chi connectivity index (χ4n) is 2.75. The summed E-state index contributed by atoms with van der Waals surface area (Å²) in [5.41, 5.74) is 0.978. The third-order valence-corrected chi connectivity index (χ3v) is 4.41. The van der Waals surface area contributed by atoms with Crippen LogP contribution >= 0.6 is 0 Å². The number of halogens is 1. The number of hydrogen-bond acceptors (Lipinski definition) is 4. The van der Waals surface area contributed by atoms with Crippen LogP contribution < -0.4 is 25.4 Å². The minimum Gasteiger partial charge on any atom is -0.486 e. The number of benzene rings is 2. The van der Waals surface area contributed by atoms with Crippen LogP contribution in [-0.2, 0) is 11.3 Å². The van der Waals surface area contributed by atoms with Gasteiger partial charge in [0, 0.05) is 20.1 Å². The SMILES string of the molecule is CCNC(=O)COc1cccc(CNC(=NC)NCC(CC)Oc2ccccc2F)c1. The van der Waals surface area contributed by atoms with Gasteiger partial charge in [-0.3, -0.25) is 9.79 Å². The minimum atomic E-state index is -0.377. The Morgan fingerprint density at radius 1 is 1.10 bits per heavy atom. The van der Waals surface area contributed by atoms with E-state index in [1.165, 1.54) is 6.07 Å². The molecule has 2 aromatic carbocycles. The van der Waals surface area contributed by atoms with Crippen molar-refractivity contribution in [1.82, 2.24) is 16.0 Å². The number of likely N-dealkylation sites (N-methyl/N-ethyl adjacent to an activating group) is 1. The van der Waals surface area contributed by atoms with Crippen LogP contribution in [0.5, 0.6) is 11.5 Å². The molecule has 0 bridgehead atoms. The number of guanidine groups is 1. The lowest BCUT2D eigenvalue weighted by Gasteiger charge is -2.20. The van der Waals surface area contributed by atoms with Crippen LogP contribution in [0, 0.1) is 5.82 Å². The molecule has 2 aromatic rings. The molecule has 1 atom stereocenters. The van der Waals surface area contributed by atoms with E-state index in [0.717, 1.165) is 5.56 Å². The molecule has 168 valence electrons. The smallest absolute Gasteiger partial charge is 0.257 e. The van der Waals surface area contributed by atoms with Gasteiger partial charge in [-0.2, -0.15) is 0 Å². The molecule has 1 amide bonds. The molecule has 0 aliphatic rings. The summed E-state index contributed by atoms with van der Waals surface area (Å²) in [4.78, 5) is 15.8. The average molecular weight is 431 g/mol. The van der Waals surface area contributed by atoms with E-state index < -0.39 is 0 Å². The summed E-state index contributed by atoms with van der Waals surface area (Å²) >= 11 is 0. The fourth-order valence-corrected chi connectivity index (χ4v) is 2.75. The first-order valence-corrected chi connectivity index (χ1v) is 10.4. The zero-order chi connectivity index (χ0) is 22.5. The highest BCUT2D eigenvalue weighted by Crippen LogP contribution is 2.18. The van der Waals surface area contributed by atoms with Crippen molar-refractivity contribution in [3.8, 4) is 11.5 Å². The summed E-state index contributed by atoms with van der Waals surface area (Å²) in [6, 6.07) is 13.9. The molecule has 0 aromatic heterocycles. The largest absolute Gasteiger partial charge is 0.486 e. The Hall–Kier alpha value is -3.29. The van der Waals surface area contributed by atoms with Crippen molar-refractivity contribution < 1.29 is 18.7 Å². The molecule has 0 saturated heterocycles. The van der Waals surface area contributed by atoms with E-state index in [1.54, 1.807) is 25.2 Å². The molecule has 1 unspecified atom stereocenters. The van der Waals surface area contributed by atoms with E-state index in [2.05, 4.69) is 20.9 Å². The standard InChI is InChI=1S/C23H31FN4O3/c1-4-18(31-21-12-7-6-11-20(21)24)15-28-23(25-3)27-14-17-9-8-10-19(13-17)30-16-22(29)26-5-2/h6-13,18H,4-5,14-16H2,1-3H3,(H,26,29)(H2,25,27,28). The van der Waals surface area contributed by atoms with Crippen LogP contribution in [0.1, 0.15) is 25.8 Å². The molecule has 0 aliphatic carbocycles. The maximum atomic E-state index is 13.8. The normalized spacial score (nSPS) is 12.1. The molecule has 0 fully saturated rings. The topological polar surface area (TPSA) is 84.0 Å². The minimum absolute atomic E-state index is 0.0195. The number of amides is 1. The van der Waals surface area contributed by atoms with E-state index in [1.807, 2.05) is 38.1 Å². The van der Waals surface area contributed by atoms with Crippen molar-refractivity contribution in [1.29, 1.82) is 0 Å². The number of rotatable bonds is 11. The maximum Gasteiger partial charge on any atom is 0.257 e. The number of aliphatic imine (C=N–C) groups is 1. The van der Waals surface area contributed by atoms with Crippen LogP contribution in [0.2, 0.25) is 0 Å². The number of carbonyl (C=O) groups is 1. The van der Waals surface area contributed by atoms with Crippen molar-refractivity contribution in [2.24, 2.45) is 4.99 Å². The van der Waals surface area contributed by atoms with Crippen LogP contribution in [-0.4, -0.2) is 44.7 Å². The summed E-state index contributed by atoms with van der Waals surface area (Å²) in [7, 11) is 1.68. The zero-order valence-corrected chi connectivity index (χ0v) is 18.3. The van der Waals surface area contributed by atoms with Crippen LogP contribution in [0.4, 0.5) is 4.39 Å². The predicted molar refractivity (Wildman–Crippen MR) is 120 cm³/mol. The second-order valence-electron chi connectivity index (χ2n) is 6.77. The fraction of sp³-hybridized carbons (Fsp3) is 0.391. The number of hydrogen-bond donors (Lipinski definition) is 3. The molecule has 8 heteroatoms. The summed E-state index contributed by atoms with van der Waals surface area (Å²) in [5, 5.41) is 9.13. The van der Waals surface area contributed by atoms with E-state index >= 15 is 0 Å². The molecule has 31 heavy (non-hydrogen) atoms. The van der Waals surface area contributed by atoms with E-state index in [0.29, 0.717) is 37.8 Å². The van der Waals surface area contributed by atoms with Crippen molar-refractivity contribution >= 4 is 11.9 Å². The van der Waals surface area contributed by atoms with Crippen molar-refractivity contribution in [2.75, 3.05) is 26.7 Å². The highest BCUT2D eigenvalue weighted by atomic mass is 19.1. The number of para-hydroxylation sites is 1. The molecular weight excluding hydrogens is 399 g/mol. The Bertz CT molecular complexity index is 860. The lowest BCUT2D eigenvalue weighted by molar-refractivity contribution is -0.122. The van der Waals surface area contributed by atoms with Gasteiger partial charge in [0.25, 0.3) is 5.91 Å². The van der Waals surface area contributed by atoms with Crippen molar-refractivity contribution in [2.45, 2.75) is 32.9 Å². The molecule has 0 saturated carbocycles. The molecule has 2 rings (SSSR count).